The first-order valence-electron chi connectivity index (χ1n) is 11.5. The first kappa shape index (κ1) is 26.5. The number of ether oxygens (including phenoxy) is 2. The molecule has 0 aliphatic heterocycles. The highest BCUT2D eigenvalue weighted by molar-refractivity contribution is 6.30. The van der Waals surface area contributed by atoms with E-state index in [0.29, 0.717) is 31.0 Å². The van der Waals surface area contributed by atoms with Gasteiger partial charge in [0.2, 0.25) is 11.8 Å². The Labute approximate surface area is 202 Å². The summed E-state index contributed by atoms with van der Waals surface area (Å²) in [6.07, 6.45) is 2.20. The normalized spacial score (nSPS) is 12.5. The van der Waals surface area contributed by atoms with Crippen LogP contribution in [0.5, 0.6) is 11.5 Å². The van der Waals surface area contributed by atoms with Crippen LogP contribution >= 0.6 is 11.6 Å². The average molecular weight is 475 g/mol. The molecule has 2 atom stereocenters. The second-order valence-corrected chi connectivity index (χ2v) is 8.45. The van der Waals surface area contributed by atoms with Crippen LogP contribution in [0.2, 0.25) is 5.02 Å². The summed E-state index contributed by atoms with van der Waals surface area (Å²) in [4.78, 5) is 27.8. The highest BCUT2D eigenvalue weighted by atomic mass is 35.5. The van der Waals surface area contributed by atoms with Crippen molar-refractivity contribution < 1.29 is 19.1 Å². The van der Waals surface area contributed by atoms with Crippen LogP contribution in [0, 0.1) is 0 Å². The van der Waals surface area contributed by atoms with Crippen molar-refractivity contribution in [1.82, 2.24) is 10.2 Å². The number of carbonyl (C=O) groups excluding carboxylic acids is 2. The van der Waals surface area contributed by atoms with E-state index in [-0.39, 0.29) is 24.3 Å². The standard InChI is InChI=1S/C26H35ClN2O4/c1-5-19(3)28-26(31)24(6-2)29(18-20-9-11-21(27)12-10-20)25(30)8-7-17-33-23-15-13-22(32-4)14-16-23/h9-16,19,24H,5-8,17-18H2,1-4H3,(H,28,31)/t19-,24-/m0/s1. The van der Waals surface area contributed by atoms with Crippen molar-refractivity contribution in [3.05, 3.63) is 59.1 Å². The van der Waals surface area contributed by atoms with Crippen LogP contribution in [0.4, 0.5) is 0 Å². The Hall–Kier alpha value is -2.73. The van der Waals surface area contributed by atoms with Gasteiger partial charge in [-0.3, -0.25) is 9.59 Å². The third kappa shape index (κ3) is 8.61. The van der Waals surface area contributed by atoms with Crippen molar-refractivity contribution in [1.29, 1.82) is 0 Å². The molecule has 0 aromatic heterocycles. The molecule has 0 saturated heterocycles. The number of nitrogens with zero attached hydrogens (tertiary/aromatic N) is 1. The molecule has 7 heteroatoms. The molecule has 0 spiro atoms. The van der Waals surface area contributed by atoms with Gasteiger partial charge < -0.3 is 19.7 Å². The number of carbonyl (C=O) groups is 2. The Morgan fingerprint density at radius 3 is 2.21 bits per heavy atom. The first-order valence-corrected chi connectivity index (χ1v) is 11.9. The Bertz CT molecular complexity index is 871. The highest BCUT2D eigenvalue weighted by Crippen LogP contribution is 2.19. The monoisotopic (exact) mass is 474 g/mol. The van der Waals surface area contributed by atoms with Crippen molar-refractivity contribution >= 4 is 23.4 Å². The van der Waals surface area contributed by atoms with Gasteiger partial charge in [-0.1, -0.05) is 37.6 Å². The first-order chi connectivity index (χ1) is 15.9. The smallest absolute Gasteiger partial charge is 0.243 e. The molecule has 2 rings (SSSR count). The maximum Gasteiger partial charge on any atom is 0.243 e. The summed E-state index contributed by atoms with van der Waals surface area (Å²) in [7, 11) is 1.62. The molecule has 0 fully saturated rings. The molecular weight excluding hydrogens is 440 g/mol. The fourth-order valence-corrected chi connectivity index (χ4v) is 3.50. The molecule has 0 saturated carbocycles. The van der Waals surface area contributed by atoms with Gasteiger partial charge in [0.25, 0.3) is 0 Å². The Balaban J connectivity index is 2.04. The zero-order chi connectivity index (χ0) is 24.2. The Kier molecular flexibility index (Phi) is 11.0. The van der Waals surface area contributed by atoms with Crippen LogP contribution in [-0.4, -0.2) is 42.5 Å². The SMILES string of the molecule is CC[C@H](C)NC(=O)[C@H](CC)N(Cc1ccc(Cl)cc1)C(=O)CCCOc1ccc(OC)cc1. The van der Waals surface area contributed by atoms with E-state index < -0.39 is 6.04 Å². The number of rotatable bonds is 13. The summed E-state index contributed by atoms with van der Waals surface area (Å²) in [5.41, 5.74) is 0.928. The minimum atomic E-state index is -0.537. The van der Waals surface area contributed by atoms with E-state index in [1.165, 1.54) is 0 Å². The quantitative estimate of drug-likeness (QED) is 0.403. The van der Waals surface area contributed by atoms with Crippen LogP contribution in [0.1, 0.15) is 52.0 Å². The fourth-order valence-electron chi connectivity index (χ4n) is 3.38. The summed E-state index contributed by atoms with van der Waals surface area (Å²) in [5, 5.41) is 3.65. The number of nitrogens with one attached hydrogen (secondary N) is 1. The van der Waals surface area contributed by atoms with E-state index in [1.807, 2.05) is 57.2 Å². The minimum absolute atomic E-state index is 0.0527. The zero-order valence-electron chi connectivity index (χ0n) is 20.0. The lowest BCUT2D eigenvalue weighted by Gasteiger charge is -2.31. The van der Waals surface area contributed by atoms with E-state index in [9.17, 15) is 9.59 Å². The largest absolute Gasteiger partial charge is 0.497 e. The van der Waals surface area contributed by atoms with E-state index in [1.54, 1.807) is 24.1 Å². The molecule has 0 aliphatic carbocycles. The van der Waals surface area contributed by atoms with E-state index >= 15 is 0 Å². The van der Waals surface area contributed by atoms with Gasteiger partial charge in [0.1, 0.15) is 17.5 Å². The molecule has 6 nitrogen and oxygen atoms in total. The summed E-state index contributed by atoms with van der Waals surface area (Å²) >= 11 is 6.01. The van der Waals surface area contributed by atoms with Gasteiger partial charge in [-0.25, -0.2) is 0 Å². The van der Waals surface area contributed by atoms with Crippen molar-refractivity contribution in [3.63, 3.8) is 0 Å². The number of amides is 2. The van der Waals surface area contributed by atoms with Gasteiger partial charge in [0.15, 0.2) is 0 Å². The molecule has 2 aromatic carbocycles. The molecule has 180 valence electrons. The highest BCUT2D eigenvalue weighted by Gasteiger charge is 2.28. The van der Waals surface area contributed by atoms with Crippen molar-refractivity contribution in [2.75, 3.05) is 13.7 Å². The van der Waals surface area contributed by atoms with E-state index in [2.05, 4.69) is 5.32 Å². The second kappa shape index (κ2) is 13.7. The molecule has 0 aliphatic rings. The predicted octanol–water partition coefficient (Wildman–Crippen LogP) is 5.23. The van der Waals surface area contributed by atoms with Crippen molar-refractivity contribution in [2.24, 2.45) is 0 Å². The molecular formula is C26H35ClN2O4. The van der Waals surface area contributed by atoms with Gasteiger partial charge in [0.05, 0.1) is 13.7 Å². The number of hydrogen-bond donors (Lipinski definition) is 1. The molecule has 33 heavy (non-hydrogen) atoms. The summed E-state index contributed by atoms with van der Waals surface area (Å²) in [6.45, 7) is 6.66. The third-order valence-corrected chi connectivity index (χ3v) is 5.77. The summed E-state index contributed by atoms with van der Waals surface area (Å²) < 4.78 is 10.9. The van der Waals surface area contributed by atoms with Gasteiger partial charge in [-0.15, -0.1) is 0 Å². The van der Waals surface area contributed by atoms with Crippen molar-refractivity contribution in [3.8, 4) is 11.5 Å². The third-order valence-electron chi connectivity index (χ3n) is 5.52. The Morgan fingerprint density at radius 1 is 1.00 bits per heavy atom. The molecule has 2 aromatic rings. The van der Waals surface area contributed by atoms with Crippen LogP contribution in [0.15, 0.2) is 48.5 Å². The molecule has 0 heterocycles. The number of hydrogen-bond acceptors (Lipinski definition) is 4. The fraction of sp³-hybridized carbons (Fsp3) is 0.462. The summed E-state index contributed by atoms with van der Waals surface area (Å²) in [6, 6.07) is 14.2. The van der Waals surface area contributed by atoms with Gasteiger partial charge in [-0.2, -0.15) is 0 Å². The summed E-state index contributed by atoms with van der Waals surface area (Å²) in [5.74, 6) is 1.29. The van der Waals surface area contributed by atoms with E-state index in [0.717, 1.165) is 23.5 Å². The number of halogens is 1. The van der Waals surface area contributed by atoms with Crippen LogP contribution in [-0.2, 0) is 16.1 Å². The predicted molar refractivity (Wildman–Crippen MR) is 132 cm³/mol. The van der Waals surface area contributed by atoms with Crippen LogP contribution in [0.25, 0.3) is 0 Å². The van der Waals surface area contributed by atoms with Gasteiger partial charge in [-0.05, 0) is 68.1 Å². The molecule has 0 radical (unpaired) electrons. The lowest BCUT2D eigenvalue weighted by Crippen LogP contribution is -2.50. The minimum Gasteiger partial charge on any atom is -0.497 e. The van der Waals surface area contributed by atoms with Crippen LogP contribution in [0.3, 0.4) is 0 Å². The molecule has 0 unspecified atom stereocenters. The van der Waals surface area contributed by atoms with Gasteiger partial charge in [0, 0.05) is 24.0 Å². The van der Waals surface area contributed by atoms with Crippen LogP contribution < -0.4 is 14.8 Å². The molecule has 2 amide bonds. The lowest BCUT2D eigenvalue weighted by molar-refractivity contribution is -0.141. The maximum absolute atomic E-state index is 13.2. The van der Waals surface area contributed by atoms with Crippen molar-refractivity contribution in [2.45, 2.75) is 65.1 Å². The van der Waals surface area contributed by atoms with Gasteiger partial charge >= 0.3 is 0 Å². The molecule has 0 bridgehead atoms. The zero-order valence-corrected chi connectivity index (χ0v) is 20.7. The maximum atomic E-state index is 13.2. The van der Waals surface area contributed by atoms with E-state index in [4.69, 9.17) is 21.1 Å². The Morgan fingerprint density at radius 2 is 1.64 bits per heavy atom. The number of methoxy groups -OCH3 is 1. The second-order valence-electron chi connectivity index (χ2n) is 8.02. The lowest BCUT2D eigenvalue weighted by atomic mass is 10.1. The molecule has 1 N–H and O–H groups in total. The average Bonchev–Trinajstić information content (AvgIpc) is 2.83. The topological polar surface area (TPSA) is 67.9 Å². The number of benzene rings is 2.